The first kappa shape index (κ1) is 45.1. The molecule has 4 unspecified atom stereocenters. The number of thioether (sulfide) groups is 1. The van der Waals surface area contributed by atoms with E-state index in [-0.39, 0.29) is 92.6 Å². The Labute approximate surface area is 363 Å². The SMILES string of the molecule is CS(=O)(=O)N1CCC(C(=O)N[C@@H](CCOCCCC(=O)NCCOC2CN(c3ccc4c(c3)C(=O)N(C3CCC(=O)NC3=O)C4=O)C2)C(=O)NC2NC(c3ccccc3)CS2)C1. The lowest BCUT2D eigenvalue weighted by atomic mass is 10.0. The van der Waals surface area contributed by atoms with Gasteiger partial charge < -0.3 is 30.3 Å². The molecule has 0 aliphatic carbocycles. The topological polar surface area (TPSA) is 242 Å². The van der Waals surface area contributed by atoms with Gasteiger partial charge in [-0.25, -0.2) is 12.7 Å². The lowest BCUT2D eigenvalue weighted by Gasteiger charge is -2.40. The van der Waals surface area contributed by atoms with E-state index in [4.69, 9.17) is 9.47 Å². The summed E-state index contributed by atoms with van der Waals surface area (Å²) in [5.74, 6) is -2.97. The van der Waals surface area contributed by atoms with Crippen LogP contribution in [0.3, 0.4) is 0 Å². The largest absolute Gasteiger partial charge is 0.381 e. The van der Waals surface area contributed by atoms with Crippen LogP contribution >= 0.6 is 11.8 Å². The van der Waals surface area contributed by atoms with E-state index in [0.717, 1.165) is 28.2 Å². The third-order valence-electron chi connectivity index (χ3n) is 11.5. The molecule has 7 amide bonds. The van der Waals surface area contributed by atoms with Crippen molar-refractivity contribution in [3.8, 4) is 0 Å². The van der Waals surface area contributed by atoms with E-state index in [1.807, 2.05) is 35.2 Å². The maximum atomic E-state index is 13.5. The van der Waals surface area contributed by atoms with Crippen LogP contribution in [-0.4, -0.2) is 147 Å². The van der Waals surface area contributed by atoms with Gasteiger partial charge in [-0.3, -0.25) is 49.1 Å². The Balaban J connectivity index is 0.779. The van der Waals surface area contributed by atoms with Gasteiger partial charge >= 0.3 is 0 Å². The van der Waals surface area contributed by atoms with Crippen LogP contribution < -0.4 is 31.5 Å². The number of piperidine rings is 1. The van der Waals surface area contributed by atoms with Gasteiger partial charge in [-0.2, -0.15) is 0 Å². The molecule has 2 aromatic rings. The van der Waals surface area contributed by atoms with Gasteiger partial charge in [0.05, 0.1) is 36.0 Å². The second kappa shape index (κ2) is 20.1. The zero-order valence-corrected chi connectivity index (χ0v) is 36.0. The van der Waals surface area contributed by atoms with Crippen LogP contribution in [-0.2, 0) is 43.5 Å². The Bertz CT molecular complexity index is 2160. The molecule has 0 aromatic heterocycles. The fourth-order valence-electron chi connectivity index (χ4n) is 8.02. The van der Waals surface area contributed by atoms with E-state index in [1.54, 1.807) is 30.0 Å². The highest BCUT2D eigenvalue weighted by Crippen LogP contribution is 2.33. The molecular weight excluding hydrogens is 845 g/mol. The molecular formula is C41H52N8O11S2. The van der Waals surface area contributed by atoms with E-state index in [9.17, 15) is 42.0 Å². The standard InChI is InChI=1S/C41H52N8O11S2/c1-62(57,58)48-16-13-26(21-48)36(52)43-31(37(53)46-41-44-32(24-61-41)25-6-3-2-4-7-25)14-18-59-17-5-8-34(50)42-15-19-60-28-22-47(23-28)27-9-10-29-30(20-27)40(56)49(39(29)55)33-11-12-35(51)45-38(33)54/h2-4,6-7,9-10,20,26,28,31-33,41,44H,5,8,11-19,21-24H2,1H3,(H,42,50)(H,43,52)(H,46,53)(H,45,51,54)/t26?,31-,32?,33?,41?/m0/s1. The summed E-state index contributed by atoms with van der Waals surface area (Å²) in [7, 11) is -3.44. The second-order valence-corrected chi connectivity index (χ2v) is 19.1. The van der Waals surface area contributed by atoms with E-state index >= 15 is 0 Å². The van der Waals surface area contributed by atoms with E-state index in [2.05, 4.69) is 26.6 Å². The van der Waals surface area contributed by atoms with Gasteiger partial charge in [0.2, 0.25) is 39.6 Å². The number of fused-ring (bicyclic) bond motifs is 1. The fourth-order valence-corrected chi connectivity index (χ4v) is 10.0. The number of carbonyl (C=O) groups is 7. The predicted octanol–water partition coefficient (Wildman–Crippen LogP) is -0.160. The van der Waals surface area contributed by atoms with Gasteiger partial charge in [0, 0.05) is 76.3 Å². The lowest BCUT2D eigenvalue weighted by molar-refractivity contribution is -0.136. The zero-order chi connectivity index (χ0) is 44.0. The van der Waals surface area contributed by atoms with E-state index in [0.29, 0.717) is 39.1 Å². The minimum absolute atomic E-state index is 0.0490. The molecule has 0 saturated carbocycles. The lowest BCUT2D eigenvalue weighted by Crippen LogP contribution is -2.54. The summed E-state index contributed by atoms with van der Waals surface area (Å²) in [4.78, 5) is 92.2. The summed E-state index contributed by atoms with van der Waals surface area (Å²) in [6.07, 6.45) is 2.33. The van der Waals surface area contributed by atoms with Gasteiger partial charge in [-0.15, -0.1) is 11.8 Å². The number of hydrogen-bond acceptors (Lipinski definition) is 14. The number of benzene rings is 2. The van der Waals surface area contributed by atoms with Crippen LogP contribution in [0.1, 0.15) is 70.8 Å². The molecule has 19 nitrogen and oxygen atoms in total. The summed E-state index contributed by atoms with van der Waals surface area (Å²) in [6, 6.07) is 13.0. The molecule has 5 heterocycles. The minimum Gasteiger partial charge on any atom is -0.381 e. The van der Waals surface area contributed by atoms with Crippen molar-refractivity contribution in [1.29, 1.82) is 0 Å². The van der Waals surface area contributed by atoms with Crippen LogP contribution in [0.2, 0.25) is 0 Å². The van der Waals surface area contributed by atoms with Crippen molar-refractivity contribution in [1.82, 2.24) is 35.8 Å². The van der Waals surface area contributed by atoms with Crippen molar-refractivity contribution < 1.29 is 51.5 Å². The maximum Gasteiger partial charge on any atom is 0.262 e. The van der Waals surface area contributed by atoms with E-state index < -0.39 is 57.6 Å². The van der Waals surface area contributed by atoms with Gasteiger partial charge in [0.15, 0.2) is 0 Å². The van der Waals surface area contributed by atoms with Crippen molar-refractivity contribution >= 4 is 68.8 Å². The van der Waals surface area contributed by atoms with Crippen molar-refractivity contribution in [2.45, 2.75) is 68.3 Å². The van der Waals surface area contributed by atoms with Crippen LogP contribution in [0.5, 0.6) is 0 Å². The summed E-state index contributed by atoms with van der Waals surface area (Å²) >= 11 is 1.55. The average molecular weight is 897 g/mol. The Morgan fingerprint density at radius 3 is 2.47 bits per heavy atom. The molecule has 5 aliphatic heterocycles. The molecule has 0 bridgehead atoms. The Morgan fingerprint density at radius 1 is 0.952 bits per heavy atom. The number of anilines is 1. The third kappa shape index (κ3) is 11.0. The molecule has 5 atom stereocenters. The molecule has 5 N–H and O–H groups in total. The number of sulfonamides is 1. The van der Waals surface area contributed by atoms with Crippen LogP contribution in [0.25, 0.3) is 0 Å². The quantitative estimate of drug-likeness (QED) is 0.0910. The molecule has 0 radical (unpaired) electrons. The fraction of sp³-hybridized carbons (Fsp3) is 0.537. The van der Waals surface area contributed by atoms with Gasteiger partial charge in [0.25, 0.3) is 11.8 Å². The number of hydrogen-bond donors (Lipinski definition) is 5. The molecule has 62 heavy (non-hydrogen) atoms. The first-order valence-corrected chi connectivity index (χ1v) is 23.7. The normalized spacial score (nSPS) is 23.5. The van der Waals surface area contributed by atoms with Crippen molar-refractivity contribution in [2.75, 3.05) is 69.5 Å². The second-order valence-electron chi connectivity index (χ2n) is 15.9. The van der Waals surface area contributed by atoms with Gasteiger partial charge in [0.1, 0.15) is 17.6 Å². The molecule has 21 heteroatoms. The van der Waals surface area contributed by atoms with Crippen molar-refractivity contribution in [3.63, 3.8) is 0 Å². The van der Waals surface area contributed by atoms with Crippen LogP contribution in [0.4, 0.5) is 5.69 Å². The number of nitrogens with one attached hydrogen (secondary N) is 5. The number of ether oxygens (including phenoxy) is 2. The molecule has 2 aromatic carbocycles. The van der Waals surface area contributed by atoms with Gasteiger partial charge in [-0.05, 0) is 49.4 Å². The van der Waals surface area contributed by atoms with Gasteiger partial charge in [-0.1, -0.05) is 30.3 Å². The number of imide groups is 2. The first-order valence-electron chi connectivity index (χ1n) is 20.8. The smallest absolute Gasteiger partial charge is 0.262 e. The summed E-state index contributed by atoms with van der Waals surface area (Å²) < 4.78 is 36.9. The highest BCUT2D eigenvalue weighted by molar-refractivity contribution is 8.00. The van der Waals surface area contributed by atoms with Crippen molar-refractivity contribution in [2.24, 2.45) is 5.92 Å². The Hall–Kier alpha value is -4.93. The maximum absolute atomic E-state index is 13.5. The molecule has 5 aliphatic rings. The highest BCUT2D eigenvalue weighted by Gasteiger charge is 2.45. The van der Waals surface area contributed by atoms with Crippen LogP contribution in [0, 0.1) is 5.92 Å². The summed E-state index contributed by atoms with van der Waals surface area (Å²) in [5.41, 5.74) is 1.90. The monoisotopic (exact) mass is 896 g/mol. The molecule has 7 rings (SSSR count). The number of rotatable bonds is 19. The number of carbonyl (C=O) groups excluding carboxylic acids is 7. The molecule has 0 spiro atoms. The molecule has 4 saturated heterocycles. The van der Waals surface area contributed by atoms with Crippen molar-refractivity contribution in [3.05, 3.63) is 65.2 Å². The minimum atomic E-state index is -3.44. The zero-order valence-electron chi connectivity index (χ0n) is 34.3. The highest BCUT2D eigenvalue weighted by atomic mass is 32.2. The van der Waals surface area contributed by atoms with Crippen LogP contribution in [0.15, 0.2) is 48.5 Å². The number of amides is 7. The Kier molecular flexibility index (Phi) is 14.6. The third-order valence-corrected chi connectivity index (χ3v) is 13.9. The molecule has 4 fully saturated rings. The summed E-state index contributed by atoms with van der Waals surface area (Å²) in [6.45, 7) is 2.39. The predicted molar refractivity (Wildman–Crippen MR) is 226 cm³/mol. The molecule has 334 valence electrons. The van der Waals surface area contributed by atoms with E-state index in [1.165, 1.54) is 4.31 Å². The first-order chi connectivity index (χ1) is 29.7. The Morgan fingerprint density at radius 2 is 1.73 bits per heavy atom. The number of nitrogens with zero attached hydrogens (tertiary/aromatic N) is 3. The average Bonchev–Trinajstić information content (AvgIpc) is 3.98. The summed E-state index contributed by atoms with van der Waals surface area (Å²) in [5, 5.41) is 14.2.